The number of rotatable bonds is 5. The molecule has 4 nitrogen and oxygen atoms in total. The fourth-order valence-electron chi connectivity index (χ4n) is 2.31. The first-order chi connectivity index (χ1) is 10.5. The van der Waals surface area contributed by atoms with Crippen LogP contribution in [-0.4, -0.2) is 25.8 Å². The van der Waals surface area contributed by atoms with Gasteiger partial charge in [-0.3, -0.25) is 0 Å². The minimum Gasteiger partial charge on any atom is -0.463 e. The summed E-state index contributed by atoms with van der Waals surface area (Å²) < 4.78 is 5.52. The molecule has 0 radical (unpaired) electrons. The third kappa shape index (κ3) is 4.32. The lowest BCUT2D eigenvalue weighted by molar-refractivity contribution is -0.891. The van der Waals surface area contributed by atoms with Gasteiger partial charge in [-0.15, -0.1) is 0 Å². The van der Waals surface area contributed by atoms with Gasteiger partial charge in [0.25, 0.3) is 0 Å². The topological polar surface area (TPSA) is 41.6 Å². The van der Waals surface area contributed by atoms with E-state index >= 15 is 0 Å². The molecule has 1 heterocycles. The molecule has 0 amide bonds. The molecule has 0 aliphatic carbocycles. The minimum atomic E-state index is 0.216. The number of quaternary nitrogens is 1. The van der Waals surface area contributed by atoms with E-state index in [0.717, 1.165) is 11.4 Å². The Morgan fingerprint density at radius 3 is 2.68 bits per heavy atom. The van der Waals surface area contributed by atoms with Crippen LogP contribution >= 0.6 is 12.2 Å². The highest BCUT2D eigenvalue weighted by Crippen LogP contribution is 2.16. The summed E-state index contributed by atoms with van der Waals surface area (Å²) in [5, 5.41) is 7.19. The van der Waals surface area contributed by atoms with Crippen molar-refractivity contribution in [2.75, 3.05) is 26.0 Å². The number of hydrogen-bond donors (Lipinski definition) is 3. The number of anilines is 1. The zero-order chi connectivity index (χ0) is 16.1. The molecule has 1 aromatic heterocycles. The summed E-state index contributed by atoms with van der Waals surface area (Å²) in [7, 11) is 4.21. The van der Waals surface area contributed by atoms with Crippen LogP contribution in [-0.2, 0) is 0 Å². The normalized spacial score (nSPS) is 12.2. The number of likely N-dealkylation sites (N-methyl/N-ethyl adjacent to an activating group) is 1. The first kappa shape index (κ1) is 16.5. The Kier molecular flexibility index (Phi) is 5.57. The summed E-state index contributed by atoms with van der Waals surface area (Å²) >= 11 is 5.41. The lowest BCUT2D eigenvalue weighted by Crippen LogP contribution is -3.07. The van der Waals surface area contributed by atoms with Crippen LogP contribution in [0.15, 0.2) is 41.0 Å². The summed E-state index contributed by atoms with van der Waals surface area (Å²) in [6.45, 7) is 4.86. The molecule has 0 spiro atoms. The predicted molar refractivity (Wildman–Crippen MR) is 94.4 cm³/mol. The Morgan fingerprint density at radius 1 is 1.27 bits per heavy atom. The number of nitrogens with one attached hydrogen (secondary N) is 3. The third-order valence-corrected chi connectivity index (χ3v) is 3.94. The number of aryl methyl sites for hydroxylation is 2. The summed E-state index contributed by atoms with van der Waals surface area (Å²) in [5.41, 5.74) is 3.43. The van der Waals surface area contributed by atoms with Gasteiger partial charge in [0, 0.05) is 5.69 Å². The van der Waals surface area contributed by atoms with E-state index in [9.17, 15) is 0 Å². The molecule has 5 heteroatoms. The number of thiocarbonyl (C=S) groups is 1. The van der Waals surface area contributed by atoms with Gasteiger partial charge in [-0.2, -0.15) is 0 Å². The van der Waals surface area contributed by atoms with Crippen LogP contribution in [0, 0.1) is 13.8 Å². The van der Waals surface area contributed by atoms with Crippen LogP contribution in [0.1, 0.15) is 22.9 Å². The first-order valence-electron chi connectivity index (χ1n) is 7.43. The molecule has 2 aromatic rings. The molecule has 22 heavy (non-hydrogen) atoms. The molecule has 1 atom stereocenters. The predicted octanol–water partition coefficient (Wildman–Crippen LogP) is 2.07. The largest absolute Gasteiger partial charge is 0.463 e. The molecule has 0 aliphatic rings. The van der Waals surface area contributed by atoms with E-state index in [-0.39, 0.29) is 6.04 Å². The summed E-state index contributed by atoms with van der Waals surface area (Å²) in [6.07, 6.45) is 1.71. The fourth-order valence-corrected chi connectivity index (χ4v) is 2.50. The zero-order valence-electron chi connectivity index (χ0n) is 13.6. The molecule has 118 valence electrons. The summed E-state index contributed by atoms with van der Waals surface area (Å²) in [5.74, 6) is 0.960. The van der Waals surface area contributed by atoms with E-state index in [1.807, 2.05) is 12.1 Å². The average molecular weight is 318 g/mol. The second-order valence-electron chi connectivity index (χ2n) is 5.80. The average Bonchev–Trinajstić information content (AvgIpc) is 2.96. The minimum absolute atomic E-state index is 0.216. The van der Waals surface area contributed by atoms with Gasteiger partial charge in [0.15, 0.2) is 16.9 Å². The van der Waals surface area contributed by atoms with Gasteiger partial charge < -0.3 is 20.0 Å². The van der Waals surface area contributed by atoms with Crippen molar-refractivity contribution in [3.8, 4) is 0 Å². The number of benzene rings is 1. The van der Waals surface area contributed by atoms with Crippen LogP contribution < -0.4 is 15.5 Å². The van der Waals surface area contributed by atoms with Crippen molar-refractivity contribution in [1.82, 2.24) is 5.32 Å². The molecule has 0 unspecified atom stereocenters. The van der Waals surface area contributed by atoms with Crippen molar-refractivity contribution < 1.29 is 9.32 Å². The monoisotopic (exact) mass is 318 g/mol. The smallest absolute Gasteiger partial charge is 0.171 e. The van der Waals surface area contributed by atoms with E-state index in [1.54, 1.807) is 6.26 Å². The van der Waals surface area contributed by atoms with Crippen molar-refractivity contribution in [3.05, 3.63) is 53.5 Å². The maximum Gasteiger partial charge on any atom is 0.171 e. The Hall–Kier alpha value is -1.85. The number of hydrogen-bond acceptors (Lipinski definition) is 2. The third-order valence-electron chi connectivity index (χ3n) is 3.69. The van der Waals surface area contributed by atoms with Crippen molar-refractivity contribution in [2.24, 2.45) is 0 Å². The van der Waals surface area contributed by atoms with Gasteiger partial charge in [-0.25, -0.2) is 0 Å². The van der Waals surface area contributed by atoms with Gasteiger partial charge >= 0.3 is 0 Å². The van der Waals surface area contributed by atoms with Gasteiger partial charge in [0.1, 0.15) is 0 Å². The zero-order valence-corrected chi connectivity index (χ0v) is 14.4. The van der Waals surface area contributed by atoms with Crippen LogP contribution in [0.3, 0.4) is 0 Å². The van der Waals surface area contributed by atoms with Crippen LogP contribution in [0.4, 0.5) is 5.69 Å². The number of furan rings is 1. The quantitative estimate of drug-likeness (QED) is 0.738. The van der Waals surface area contributed by atoms with E-state index < -0.39 is 0 Å². The van der Waals surface area contributed by atoms with Gasteiger partial charge in [0.05, 0.1) is 26.9 Å². The van der Waals surface area contributed by atoms with E-state index in [4.69, 9.17) is 16.6 Å². The van der Waals surface area contributed by atoms with Crippen molar-refractivity contribution in [2.45, 2.75) is 19.9 Å². The Labute approximate surface area is 137 Å². The molecule has 0 fully saturated rings. The maximum atomic E-state index is 5.52. The maximum absolute atomic E-state index is 5.52. The van der Waals surface area contributed by atoms with Gasteiger partial charge in [0.2, 0.25) is 0 Å². The lowest BCUT2D eigenvalue weighted by Gasteiger charge is -2.21. The molecule has 0 bridgehead atoms. The molecule has 0 aliphatic heterocycles. The Morgan fingerprint density at radius 2 is 2.05 bits per heavy atom. The first-order valence-corrected chi connectivity index (χ1v) is 7.83. The van der Waals surface area contributed by atoms with Crippen LogP contribution in [0.25, 0.3) is 0 Å². The van der Waals surface area contributed by atoms with Crippen molar-refractivity contribution in [1.29, 1.82) is 0 Å². The van der Waals surface area contributed by atoms with Gasteiger partial charge in [-0.1, -0.05) is 12.1 Å². The van der Waals surface area contributed by atoms with Crippen molar-refractivity contribution in [3.63, 3.8) is 0 Å². The molecule has 0 saturated heterocycles. The second-order valence-corrected chi connectivity index (χ2v) is 6.21. The van der Waals surface area contributed by atoms with E-state index in [1.165, 1.54) is 16.0 Å². The highest BCUT2D eigenvalue weighted by Gasteiger charge is 2.20. The molecule has 2 rings (SSSR count). The SMILES string of the molecule is Cc1ccc(C)c(NC(=S)NC[C@@H](c2ccco2)[NH+](C)C)c1. The lowest BCUT2D eigenvalue weighted by atomic mass is 10.1. The summed E-state index contributed by atoms with van der Waals surface area (Å²) in [4.78, 5) is 1.29. The highest BCUT2D eigenvalue weighted by molar-refractivity contribution is 7.80. The van der Waals surface area contributed by atoms with Crippen LogP contribution in [0.5, 0.6) is 0 Å². The molecular formula is C17H24N3OS+. The molecule has 0 saturated carbocycles. The van der Waals surface area contributed by atoms with Crippen molar-refractivity contribution >= 4 is 23.0 Å². The Bertz CT molecular complexity index is 623. The highest BCUT2D eigenvalue weighted by atomic mass is 32.1. The second kappa shape index (κ2) is 7.42. The standard InChI is InChI=1S/C17H23N3OS/c1-12-7-8-13(2)14(10-12)19-17(22)18-11-15(20(3)4)16-6-5-9-21-16/h5-10,15H,11H2,1-4H3,(H2,18,19,22)/p+1/t15-/m0/s1. The molecular weight excluding hydrogens is 294 g/mol. The van der Waals surface area contributed by atoms with E-state index in [2.05, 4.69) is 56.8 Å². The Balaban J connectivity index is 1.95. The van der Waals surface area contributed by atoms with Gasteiger partial charge in [-0.05, 0) is 55.4 Å². The molecule has 3 N–H and O–H groups in total. The van der Waals surface area contributed by atoms with Crippen LogP contribution in [0.2, 0.25) is 0 Å². The van der Waals surface area contributed by atoms with E-state index in [0.29, 0.717) is 11.7 Å². The fraction of sp³-hybridized carbons (Fsp3) is 0.353. The molecule has 1 aromatic carbocycles. The summed E-state index contributed by atoms with van der Waals surface area (Å²) in [6, 6.07) is 10.4.